The molecule has 1 aliphatic carbocycles. The van der Waals surface area contributed by atoms with Crippen LogP contribution in [0.2, 0.25) is 0 Å². The molecule has 1 aromatic heterocycles. The first-order valence-corrected chi connectivity index (χ1v) is 11.1. The number of fused-ring (bicyclic) bond motifs is 1. The largest absolute Gasteiger partial charge is 0.392 e. The molecule has 10 heteroatoms. The van der Waals surface area contributed by atoms with Crippen molar-refractivity contribution in [1.29, 1.82) is 5.41 Å². The van der Waals surface area contributed by atoms with Crippen LogP contribution in [0.4, 0.5) is 13.2 Å². The van der Waals surface area contributed by atoms with Crippen molar-refractivity contribution in [2.45, 2.75) is 51.9 Å². The molecule has 0 saturated carbocycles. The Morgan fingerprint density at radius 3 is 2.62 bits per heavy atom. The predicted octanol–water partition coefficient (Wildman–Crippen LogP) is 4.31. The zero-order valence-corrected chi connectivity index (χ0v) is 18.9. The van der Waals surface area contributed by atoms with E-state index in [4.69, 9.17) is 5.41 Å². The van der Waals surface area contributed by atoms with Gasteiger partial charge in [-0.3, -0.25) is 14.3 Å². The van der Waals surface area contributed by atoms with Gasteiger partial charge < -0.3 is 15.6 Å². The van der Waals surface area contributed by atoms with E-state index in [1.54, 1.807) is 15.6 Å². The molecule has 0 radical (unpaired) electrons. The van der Waals surface area contributed by atoms with E-state index in [0.29, 0.717) is 30.1 Å². The van der Waals surface area contributed by atoms with E-state index in [-0.39, 0.29) is 36.9 Å². The van der Waals surface area contributed by atoms with Crippen LogP contribution in [-0.2, 0) is 11.3 Å². The van der Waals surface area contributed by atoms with Gasteiger partial charge in [0.05, 0.1) is 17.7 Å². The van der Waals surface area contributed by atoms with Gasteiger partial charge in [-0.25, -0.2) is 0 Å². The third-order valence-corrected chi connectivity index (χ3v) is 6.32. The second kappa shape index (κ2) is 9.08. The summed E-state index contributed by atoms with van der Waals surface area (Å²) in [7, 11) is 0. The van der Waals surface area contributed by atoms with Gasteiger partial charge in [0.15, 0.2) is 0 Å². The minimum atomic E-state index is -4.34. The summed E-state index contributed by atoms with van der Waals surface area (Å²) < 4.78 is 41.6. The Morgan fingerprint density at radius 2 is 2.00 bits per heavy atom. The minimum absolute atomic E-state index is 0.0918. The number of nitrogens with zero attached hydrogens (tertiary/aromatic N) is 3. The maximum absolute atomic E-state index is 13.3. The molecule has 2 aliphatic rings. The summed E-state index contributed by atoms with van der Waals surface area (Å²) in [5, 5.41) is 14.4. The van der Waals surface area contributed by atoms with E-state index in [2.05, 4.69) is 10.4 Å². The highest BCUT2D eigenvalue weighted by Gasteiger charge is 2.42. The predicted molar refractivity (Wildman–Crippen MR) is 120 cm³/mol. The number of nitrogens with one attached hydrogen (secondary N) is 2. The number of allylic oxidation sites excluding steroid dienone is 2. The fourth-order valence-electron chi connectivity index (χ4n) is 4.60. The fourth-order valence-corrected chi connectivity index (χ4v) is 4.60. The van der Waals surface area contributed by atoms with Crippen molar-refractivity contribution in [2.75, 3.05) is 6.54 Å². The summed E-state index contributed by atoms with van der Waals surface area (Å²) in [5.41, 5.74) is 3.27. The quantitative estimate of drug-likeness (QED) is 0.634. The Hall–Kier alpha value is -3.43. The number of alkyl halides is 3. The van der Waals surface area contributed by atoms with Crippen molar-refractivity contribution in [3.8, 4) is 0 Å². The van der Waals surface area contributed by atoms with E-state index in [0.717, 1.165) is 11.1 Å². The summed E-state index contributed by atoms with van der Waals surface area (Å²) in [6.45, 7) is 4.03. The number of aromatic nitrogens is 2. The van der Waals surface area contributed by atoms with Crippen LogP contribution in [0.3, 0.4) is 0 Å². The first kappa shape index (κ1) is 23.7. The summed E-state index contributed by atoms with van der Waals surface area (Å²) >= 11 is 0. The molecule has 0 bridgehead atoms. The van der Waals surface area contributed by atoms with E-state index in [1.165, 1.54) is 13.1 Å². The molecule has 2 heterocycles. The molecule has 0 fully saturated rings. The number of benzene rings is 1. The molecule has 4 rings (SSSR count). The van der Waals surface area contributed by atoms with Gasteiger partial charge in [0, 0.05) is 31.9 Å². The molecule has 0 spiro atoms. The third-order valence-electron chi connectivity index (χ3n) is 6.32. The lowest BCUT2D eigenvalue weighted by atomic mass is 9.85. The highest BCUT2D eigenvalue weighted by atomic mass is 19.4. The lowest BCUT2D eigenvalue weighted by molar-refractivity contribution is -0.176. The third kappa shape index (κ3) is 4.76. The molecule has 34 heavy (non-hydrogen) atoms. The molecule has 2 amide bonds. The van der Waals surface area contributed by atoms with Crippen LogP contribution < -0.4 is 5.32 Å². The van der Waals surface area contributed by atoms with Crippen LogP contribution >= 0.6 is 0 Å². The molecule has 1 aliphatic heterocycles. The highest BCUT2D eigenvalue weighted by molar-refractivity contribution is 5.94. The van der Waals surface area contributed by atoms with Crippen LogP contribution in [0.15, 0.2) is 36.0 Å². The average molecular weight is 473 g/mol. The van der Waals surface area contributed by atoms with Crippen LogP contribution in [0.5, 0.6) is 0 Å². The molecule has 180 valence electrons. The summed E-state index contributed by atoms with van der Waals surface area (Å²) in [4.78, 5) is 26.6. The van der Waals surface area contributed by atoms with E-state index in [9.17, 15) is 22.8 Å². The fraction of sp³-hybridized carbons (Fsp3) is 0.417. The second-order valence-electron chi connectivity index (χ2n) is 8.90. The van der Waals surface area contributed by atoms with Crippen molar-refractivity contribution >= 4 is 23.6 Å². The van der Waals surface area contributed by atoms with Crippen LogP contribution in [0.1, 0.15) is 66.5 Å². The SMILES string of the molecule is CC(=O)NC1=C(c2cc3n(n2)[C@@H](C)CN(Cc2ccc(C=N)cc2)C3=O)CCC(C(F)(F)F)C1. The van der Waals surface area contributed by atoms with Gasteiger partial charge in [-0.2, -0.15) is 18.3 Å². The smallest absolute Gasteiger partial charge is 0.331 e. The number of carbonyl (C=O) groups excluding carboxylic acids is 2. The highest BCUT2D eigenvalue weighted by Crippen LogP contribution is 2.42. The molecule has 2 N–H and O–H groups in total. The summed E-state index contributed by atoms with van der Waals surface area (Å²) in [5.74, 6) is -2.17. The Labute approximate surface area is 195 Å². The molecule has 1 unspecified atom stereocenters. The van der Waals surface area contributed by atoms with Gasteiger partial charge in [0.2, 0.25) is 5.91 Å². The Bertz CT molecular complexity index is 1150. The second-order valence-corrected chi connectivity index (χ2v) is 8.90. The molecule has 2 atom stereocenters. The van der Waals surface area contributed by atoms with Crippen molar-refractivity contribution in [1.82, 2.24) is 20.0 Å². The molecular formula is C24H26F3N5O2. The van der Waals surface area contributed by atoms with E-state index in [1.807, 2.05) is 31.2 Å². The Kier molecular flexibility index (Phi) is 6.33. The van der Waals surface area contributed by atoms with Gasteiger partial charge >= 0.3 is 6.18 Å². The lowest BCUT2D eigenvalue weighted by Gasteiger charge is -2.31. The summed E-state index contributed by atoms with van der Waals surface area (Å²) in [6, 6.07) is 8.87. The monoisotopic (exact) mass is 473 g/mol. The maximum atomic E-state index is 13.3. The van der Waals surface area contributed by atoms with Crippen LogP contribution in [0, 0.1) is 11.3 Å². The average Bonchev–Trinajstić information content (AvgIpc) is 3.23. The number of halogens is 3. The van der Waals surface area contributed by atoms with Crippen molar-refractivity contribution in [3.63, 3.8) is 0 Å². The van der Waals surface area contributed by atoms with E-state index < -0.39 is 18.0 Å². The Morgan fingerprint density at radius 1 is 1.29 bits per heavy atom. The van der Waals surface area contributed by atoms with Crippen LogP contribution in [-0.4, -0.2) is 45.4 Å². The number of hydrogen-bond donors (Lipinski definition) is 2. The zero-order chi connectivity index (χ0) is 24.6. The van der Waals surface area contributed by atoms with Crippen molar-refractivity contribution in [2.24, 2.45) is 5.92 Å². The zero-order valence-electron chi connectivity index (χ0n) is 18.9. The number of carbonyl (C=O) groups is 2. The summed E-state index contributed by atoms with van der Waals surface area (Å²) in [6.07, 6.45) is -3.38. The lowest BCUT2D eigenvalue weighted by Crippen LogP contribution is -2.41. The minimum Gasteiger partial charge on any atom is -0.331 e. The van der Waals surface area contributed by atoms with Crippen molar-refractivity contribution < 1.29 is 22.8 Å². The van der Waals surface area contributed by atoms with Gasteiger partial charge in [-0.1, -0.05) is 24.3 Å². The number of rotatable bonds is 5. The molecule has 0 saturated heterocycles. The maximum Gasteiger partial charge on any atom is 0.392 e. The standard InChI is InChI=1S/C24H26F3N5O2/c1-14-12-31(13-17-5-3-16(11-28)4-6-17)23(34)22-10-21(30-32(14)22)19-8-7-18(24(25,26)27)9-20(19)29-15(2)33/h3-6,10-11,14,18,28H,7-9,12-13H2,1-2H3,(H,29,33)/t14-,18?/m0/s1. The van der Waals surface area contributed by atoms with Gasteiger partial charge in [-0.05, 0) is 49.0 Å². The van der Waals surface area contributed by atoms with Crippen LogP contribution in [0.25, 0.3) is 5.57 Å². The first-order valence-electron chi connectivity index (χ1n) is 11.1. The van der Waals surface area contributed by atoms with E-state index >= 15 is 0 Å². The molecular weight excluding hydrogens is 447 g/mol. The molecule has 7 nitrogen and oxygen atoms in total. The van der Waals surface area contributed by atoms with Gasteiger partial charge in [-0.15, -0.1) is 0 Å². The van der Waals surface area contributed by atoms with Crippen molar-refractivity contribution in [3.05, 3.63) is 58.5 Å². The van der Waals surface area contributed by atoms with Gasteiger partial charge in [0.1, 0.15) is 5.69 Å². The Balaban J connectivity index is 1.63. The van der Waals surface area contributed by atoms with Gasteiger partial charge in [0.25, 0.3) is 5.91 Å². The number of hydrogen-bond acceptors (Lipinski definition) is 4. The molecule has 2 aromatic rings. The molecule has 1 aromatic carbocycles. The first-order chi connectivity index (χ1) is 16.1. The topological polar surface area (TPSA) is 91.1 Å². The number of amides is 2. The normalized spacial score (nSPS) is 20.9.